The van der Waals surface area contributed by atoms with Crippen LogP contribution in [0, 0.1) is 13.8 Å². The minimum Gasteiger partial charge on any atom is -0.489 e. The lowest BCUT2D eigenvalue weighted by atomic mass is 9.91. The van der Waals surface area contributed by atoms with Gasteiger partial charge in [-0.15, -0.1) is 0 Å². The molecule has 0 unspecified atom stereocenters. The zero-order valence-corrected chi connectivity index (χ0v) is 21.5. The third-order valence-electron chi connectivity index (χ3n) is 6.54. The van der Waals surface area contributed by atoms with E-state index in [1.807, 2.05) is 87.4 Å². The van der Waals surface area contributed by atoms with Gasteiger partial charge in [0.1, 0.15) is 18.2 Å². The van der Waals surface area contributed by atoms with Crippen molar-refractivity contribution in [1.29, 1.82) is 0 Å². The molecular formula is C28H36N6O2. The van der Waals surface area contributed by atoms with Gasteiger partial charge in [-0.05, 0) is 69.4 Å². The largest absolute Gasteiger partial charge is 0.489 e. The van der Waals surface area contributed by atoms with Crippen LogP contribution in [0.1, 0.15) is 42.5 Å². The lowest BCUT2D eigenvalue weighted by Crippen LogP contribution is -2.42. The smallest absolute Gasteiger partial charge is 0.319 e. The number of rotatable bonds is 8. The maximum Gasteiger partial charge on any atom is 0.319 e. The van der Waals surface area contributed by atoms with Gasteiger partial charge in [-0.1, -0.05) is 30.3 Å². The zero-order valence-electron chi connectivity index (χ0n) is 21.5. The number of hydrogen-bond acceptors (Lipinski definition) is 6. The van der Waals surface area contributed by atoms with Crippen LogP contribution in [0.4, 0.5) is 22.2 Å². The van der Waals surface area contributed by atoms with Crippen molar-refractivity contribution >= 4 is 23.5 Å². The summed E-state index contributed by atoms with van der Waals surface area (Å²) in [6.07, 6.45) is 3.71. The van der Waals surface area contributed by atoms with Crippen LogP contribution in [0.5, 0.6) is 5.75 Å². The summed E-state index contributed by atoms with van der Waals surface area (Å²) >= 11 is 0. The molecule has 1 aliphatic carbocycles. The SMILES string of the molecule is Cc1nc(N[C@H]2CC[C@@H](NC(=O)Nc3ccc(OCc4ccccc4)cc3)CC2)nc(N(C)C)c1C. The van der Waals surface area contributed by atoms with Gasteiger partial charge in [0.15, 0.2) is 0 Å². The molecule has 3 aromatic rings. The minimum atomic E-state index is -0.183. The number of urea groups is 1. The van der Waals surface area contributed by atoms with E-state index in [9.17, 15) is 4.79 Å². The highest BCUT2D eigenvalue weighted by Crippen LogP contribution is 2.24. The molecule has 0 saturated heterocycles. The van der Waals surface area contributed by atoms with E-state index in [0.29, 0.717) is 18.6 Å². The molecule has 1 aliphatic rings. The van der Waals surface area contributed by atoms with Gasteiger partial charge in [0.05, 0.1) is 0 Å². The molecule has 36 heavy (non-hydrogen) atoms. The molecule has 0 bridgehead atoms. The number of ether oxygens (including phenoxy) is 1. The average Bonchev–Trinajstić information content (AvgIpc) is 2.87. The Kier molecular flexibility index (Phi) is 8.25. The fourth-order valence-corrected chi connectivity index (χ4v) is 4.41. The Labute approximate surface area is 213 Å². The van der Waals surface area contributed by atoms with Gasteiger partial charge in [-0.2, -0.15) is 4.98 Å². The van der Waals surface area contributed by atoms with E-state index >= 15 is 0 Å². The standard InChI is InChI=1S/C28H36N6O2/c1-19-20(2)29-27(33-26(19)34(3)4)30-22-10-12-23(13-11-22)31-28(35)32-24-14-16-25(17-15-24)36-18-21-8-6-5-7-9-21/h5-9,14-17,22-23H,10-13,18H2,1-4H3,(H,29,30,33)(H2,31,32,35)/t22-,23+. The average molecular weight is 489 g/mol. The number of carbonyl (C=O) groups excluding carboxylic acids is 1. The highest BCUT2D eigenvalue weighted by Gasteiger charge is 2.23. The molecule has 8 heteroatoms. The van der Waals surface area contributed by atoms with Gasteiger partial charge < -0.3 is 25.6 Å². The van der Waals surface area contributed by atoms with Gasteiger partial charge in [-0.25, -0.2) is 9.78 Å². The van der Waals surface area contributed by atoms with Crippen LogP contribution in [0.25, 0.3) is 0 Å². The molecule has 0 atom stereocenters. The first-order valence-corrected chi connectivity index (χ1v) is 12.5. The number of benzene rings is 2. The van der Waals surface area contributed by atoms with Crippen LogP contribution in [0.2, 0.25) is 0 Å². The van der Waals surface area contributed by atoms with E-state index in [2.05, 4.69) is 25.9 Å². The van der Waals surface area contributed by atoms with Crippen molar-refractivity contribution in [2.45, 2.75) is 58.2 Å². The summed E-state index contributed by atoms with van der Waals surface area (Å²) in [6.45, 7) is 4.57. The second-order valence-corrected chi connectivity index (χ2v) is 9.57. The fraction of sp³-hybridized carbons (Fsp3) is 0.393. The van der Waals surface area contributed by atoms with E-state index < -0.39 is 0 Å². The third kappa shape index (κ3) is 6.87. The first kappa shape index (κ1) is 25.3. The van der Waals surface area contributed by atoms with Crippen molar-refractivity contribution in [2.24, 2.45) is 0 Å². The second kappa shape index (κ2) is 11.7. The zero-order chi connectivity index (χ0) is 25.5. The van der Waals surface area contributed by atoms with Crippen LogP contribution >= 0.6 is 0 Å². The second-order valence-electron chi connectivity index (χ2n) is 9.57. The number of anilines is 3. The molecule has 1 fully saturated rings. The summed E-state index contributed by atoms with van der Waals surface area (Å²) < 4.78 is 5.81. The van der Waals surface area contributed by atoms with Gasteiger partial charge in [-0.3, -0.25) is 0 Å². The molecule has 1 aromatic heterocycles. The Morgan fingerprint density at radius 1 is 0.944 bits per heavy atom. The Balaban J connectivity index is 1.20. The molecule has 0 spiro atoms. The van der Waals surface area contributed by atoms with E-state index in [1.54, 1.807) is 0 Å². The predicted molar refractivity (Wildman–Crippen MR) is 145 cm³/mol. The van der Waals surface area contributed by atoms with E-state index in [4.69, 9.17) is 4.74 Å². The number of aryl methyl sites for hydroxylation is 1. The van der Waals surface area contributed by atoms with Gasteiger partial charge >= 0.3 is 6.03 Å². The summed E-state index contributed by atoms with van der Waals surface area (Å²) in [4.78, 5) is 23.8. The highest BCUT2D eigenvalue weighted by atomic mass is 16.5. The molecule has 190 valence electrons. The van der Waals surface area contributed by atoms with Gasteiger partial charge in [0, 0.05) is 43.1 Å². The first-order chi connectivity index (χ1) is 17.4. The van der Waals surface area contributed by atoms with Crippen LogP contribution in [0.3, 0.4) is 0 Å². The quantitative estimate of drug-likeness (QED) is 0.399. The summed E-state index contributed by atoms with van der Waals surface area (Å²) in [5.74, 6) is 2.38. The number of carbonyl (C=O) groups is 1. The van der Waals surface area contributed by atoms with E-state index in [1.165, 1.54) is 0 Å². The van der Waals surface area contributed by atoms with Crippen molar-refractivity contribution in [3.8, 4) is 5.75 Å². The predicted octanol–water partition coefficient (Wildman–Crippen LogP) is 5.28. The molecule has 2 aromatic carbocycles. The number of hydrogen-bond donors (Lipinski definition) is 3. The maximum absolute atomic E-state index is 12.5. The normalized spacial score (nSPS) is 17.2. The maximum atomic E-state index is 12.5. The van der Waals surface area contributed by atoms with Crippen LogP contribution in [-0.2, 0) is 6.61 Å². The summed E-state index contributed by atoms with van der Waals surface area (Å²) in [6, 6.07) is 17.7. The molecule has 4 rings (SSSR count). The number of nitrogens with zero attached hydrogens (tertiary/aromatic N) is 3. The highest BCUT2D eigenvalue weighted by molar-refractivity contribution is 5.89. The van der Waals surface area contributed by atoms with E-state index in [0.717, 1.165) is 59.8 Å². The fourth-order valence-electron chi connectivity index (χ4n) is 4.41. The van der Waals surface area contributed by atoms with Gasteiger partial charge in [0.2, 0.25) is 5.95 Å². The molecular weight excluding hydrogens is 452 g/mol. The van der Waals surface area contributed by atoms with Crippen LogP contribution in [-0.4, -0.2) is 42.2 Å². The Morgan fingerprint density at radius 3 is 2.28 bits per heavy atom. The third-order valence-corrected chi connectivity index (χ3v) is 6.54. The summed E-state index contributed by atoms with van der Waals surface area (Å²) in [5.41, 5.74) is 3.93. The van der Waals surface area contributed by atoms with Gasteiger partial charge in [0.25, 0.3) is 0 Å². The monoisotopic (exact) mass is 488 g/mol. The molecule has 2 amide bonds. The van der Waals surface area contributed by atoms with Crippen molar-refractivity contribution in [2.75, 3.05) is 29.6 Å². The number of amides is 2. The van der Waals surface area contributed by atoms with Crippen LogP contribution < -0.4 is 25.6 Å². The number of aromatic nitrogens is 2. The Morgan fingerprint density at radius 2 is 1.61 bits per heavy atom. The Bertz CT molecular complexity index is 1140. The lowest BCUT2D eigenvalue weighted by molar-refractivity contribution is 0.243. The van der Waals surface area contributed by atoms with Crippen molar-refractivity contribution in [3.63, 3.8) is 0 Å². The summed E-state index contributed by atoms with van der Waals surface area (Å²) in [5, 5.41) is 9.53. The first-order valence-electron chi connectivity index (χ1n) is 12.5. The van der Waals surface area contributed by atoms with Crippen LogP contribution in [0.15, 0.2) is 54.6 Å². The Hall–Kier alpha value is -3.81. The topological polar surface area (TPSA) is 91.4 Å². The molecule has 8 nitrogen and oxygen atoms in total. The van der Waals surface area contributed by atoms with Crippen molar-refractivity contribution in [3.05, 3.63) is 71.4 Å². The van der Waals surface area contributed by atoms with Crippen molar-refractivity contribution in [1.82, 2.24) is 15.3 Å². The molecule has 1 saturated carbocycles. The van der Waals surface area contributed by atoms with Crippen molar-refractivity contribution < 1.29 is 9.53 Å². The number of nitrogens with one attached hydrogen (secondary N) is 3. The molecule has 1 heterocycles. The molecule has 0 radical (unpaired) electrons. The van der Waals surface area contributed by atoms with E-state index in [-0.39, 0.29) is 12.1 Å². The molecule has 3 N–H and O–H groups in total. The lowest BCUT2D eigenvalue weighted by Gasteiger charge is -2.30. The minimum absolute atomic E-state index is 0.148. The molecule has 0 aliphatic heterocycles. The summed E-state index contributed by atoms with van der Waals surface area (Å²) in [7, 11) is 3.99.